The van der Waals surface area contributed by atoms with Crippen LogP contribution in [0.2, 0.25) is 0 Å². The van der Waals surface area contributed by atoms with Crippen LogP contribution in [-0.4, -0.2) is 29.9 Å². The number of ether oxygens (including phenoxy) is 1. The molecule has 0 spiro atoms. The second kappa shape index (κ2) is 9.05. The molecule has 0 fully saturated rings. The number of aliphatic hydroxyl groups is 1. The van der Waals surface area contributed by atoms with Crippen LogP contribution in [0.1, 0.15) is 50.3 Å². The zero-order chi connectivity index (χ0) is 20.0. The summed E-state index contributed by atoms with van der Waals surface area (Å²) < 4.78 is 6.14. The molecule has 0 aliphatic heterocycles. The lowest BCUT2D eigenvalue weighted by Crippen LogP contribution is -2.23. The van der Waals surface area contributed by atoms with Crippen molar-refractivity contribution in [3.05, 3.63) is 53.1 Å². The number of hydrogen-bond donors (Lipinski definition) is 1. The molecule has 4 heteroatoms. The highest BCUT2D eigenvalue weighted by Gasteiger charge is 2.25. The summed E-state index contributed by atoms with van der Waals surface area (Å²) in [6.45, 7) is 11.1. The van der Waals surface area contributed by atoms with E-state index in [1.807, 2.05) is 82.4 Å². The van der Waals surface area contributed by atoms with Crippen LogP contribution in [0, 0.1) is 13.8 Å². The van der Waals surface area contributed by atoms with Gasteiger partial charge in [0.25, 0.3) is 0 Å². The normalized spacial score (nSPS) is 11.8. The van der Waals surface area contributed by atoms with Crippen LogP contribution < -0.4 is 4.74 Å². The predicted octanol–water partition coefficient (Wildman–Crippen LogP) is 5.71. The summed E-state index contributed by atoms with van der Waals surface area (Å²) in [5, 5.41) is 10.8. The van der Waals surface area contributed by atoms with Crippen molar-refractivity contribution in [1.29, 1.82) is 0 Å². The minimum Gasteiger partial charge on any atom is -0.457 e. The average molecular weight is 369 g/mol. The van der Waals surface area contributed by atoms with Gasteiger partial charge in [0.15, 0.2) is 0 Å². The first-order valence-corrected chi connectivity index (χ1v) is 9.69. The van der Waals surface area contributed by atoms with E-state index in [0.29, 0.717) is 12.8 Å². The summed E-state index contributed by atoms with van der Waals surface area (Å²) in [6, 6.07) is 11.8. The van der Waals surface area contributed by atoms with Crippen LogP contribution in [0.3, 0.4) is 0 Å². The number of aliphatic imine (C=N–C) groups is 1. The first-order chi connectivity index (χ1) is 12.8. The molecule has 0 aliphatic rings. The van der Waals surface area contributed by atoms with Crippen molar-refractivity contribution in [1.82, 2.24) is 4.90 Å². The molecule has 0 bridgehead atoms. The second-order valence-corrected chi connectivity index (χ2v) is 7.09. The zero-order valence-electron chi connectivity index (χ0n) is 17.4. The standard InChI is InChI=1S/C23H32N2O2/c1-7-23(26,8-2)19-11-10-12-20(15-19)27-22-14-17(4)21(13-18(22)5)24-16-25(6)9-3/h10-16,26H,7-9H2,1-6H3. The van der Waals surface area contributed by atoms with Crippen LogP contribution in [0.5, 0.6) is 11.5 Å². The fourth-order valence-electron chi connectivity index (χ4n) is 2.90. The van der Waals surface area contributed by atoms with Crippen LogP contribution in [0.15, 0.2) is 41.4 Å². The van der Waals surface area contributed by atoms with Gasteiger partial charge in [-0.15, -0.1) is 0 Å². The van der Waals surface area contributed by atoms with Crippen molar-refractivity contribution in [2.24, 2.45) is 4.99 Å². The Balaban J connectivity index is 2.28. The monoisotopic (exact) mass is 368 g/mol. The molecule has 0 atom stereocenters. The molecule has 2 aromatic rings. The van der Waals surface area contributed by atoms with E-state index >= 15 is 0 Å². The van der Waals surface area contributed by atoms with Gasteiger partial charge in [-0.3, -0.25) is 0 Å². The molecule has 0 amide bonds. The molecular weight excluding hydrogens is 336 g/mol. The molecule has 0 saturated carbocycles. The Kier molecular flexibility index (Phi) is 7.03. The van der Waals surface area contributed by atoms with Gasteiger partial charge < -0.3 is 14.7 Å². The summed E-state index contributed by atoms with van der Waals surface area (Å²) in [7, 11) is 2.00. The molecular formula is C23H32N2O2. The Bertz CT molecular complexity index is 795. The van der Waals surface area contributed by atoms with Crippen molar-refractivity contribution >= 4 is 12.0 Å². The van der Waals surface area contributed by atoms with Crippen molar-refractivity contribution < 1.29 is 9.84 Å². The molecule has 2 aromatic carbocycles. The Labute approximate surface area is 163 Å². The minimum atomic E-state index is -0.811. The lowest BCUT2D eigenvalue weighted by atomic mass is 9.88. The highest BCUT2D eigenvalue weighted by molar-refractivity contribution is 5.64. The van der Waals surface area contributed by atoms with E-state index in [0.717, 1.165) is 40.4 Å². The first kappa shape index (κ1) is 21.0. The van der Waals surface area contributed by atoms with Gasteiger partial charge in [-0.05, 0) is 74.6 Å². The van der Waals surface area contributed by atoms with Gasteiger partial charge in [0.1, 0.15) is 11.5 Å². The van der Waals surface area contributed by atoms with Gasteiger partial charge in [0, 0.05) is 13.6 Å². The second-order valence-electron chi connectivity index (χ2n) is 7.09. The molecule has 146 valence electrons. The third kappa shape index (κ3) is 5.10. The van der Waals surface area contributed by atoms with E-state index in [1.54, 1.807) is 0 Å². The molecule has 0 aliphatic carbocycles. The highest BCUT2D eigenvalue weighted by atomic mass is 16.5. The number of nitrogens with zero attached hydrogens (tertiary/aromatic N) is 2. The summed E-state index contributed by atoms with van der Waals surface area (Å²) in [4.78, 5) is 6.60. The molecule has 2 rings (SSSR count). The topological polar surface area (TPSA) is 45.1 Å². The Morgan fingerprint density at radius 2 is 1.78 bits per heavy atom. The van der Waals surface area contributed by atoms with Crippen LogP contribution in [0.4, 0.5) is 5.69 Å². The van der Waals surface area contributed by atoms with E-state index < -0.39 is 5.60 Å². The summed E-state index contributed by atoms with van der Waals surface area (Å²) in [5.41, 5.74) is 3.11. The quantitative estimate of drug-likeness (QED) is 0.479. The average Bonchev–Trinajstić information content (AvgIpc) is 2.68. The van der Waals surface area contributed by atoms with Gasteiger partial charge in [-0.25, -0.2) is 4.99 Å². The summed E-state index contributed by atoms with van der Waals surface area (Å²) in [5.74, 6) is 1.54. The Morgan fingerprint density at radius 3 is 2.41 bits per heavy atom. The number of hydrogen-bond acceptors (Lipinski definition) is 3. The van der Waals surface area contributed by atoms with E-state index in [1.165, 1.54) is 0 Å². The fourth-order valence-corrected chi connectivity index (χ4v) is 2.90. The molecule has 0 saturated heterocycles. The lowest BCUT2D eigenvalue weighted by Gasteiger charge is -2.26. The van der Waals surface area contributed by atoms with Crippen LogP contribution >= 0.6 is 0 Å². The smallest absolute Gasteiger partial charge is 0.130 e. The number of aryl methyl sites for hydroxylation is 2. The maximum Gasteiger partial charge on any atom is 0.130 e. The van der Waals surface area contributed by atoms with Gasteiger partial charge in [0.2, 0.25) is 0 Å². The largest absolute Gasteiger partial charge is 0.457 e. The van der Waals surface area contributed by atoms with Crippen molar-refractivity contribution in [2.75, 3.05) is 13.6 Å². The van der Waals surface area contributed by atoms with Gasteiger partial charge >= 0.3 is 0 Å². The maximum atomic E-state index is 10.8. The molecule has 0 unspecified atom stereocenters. The summed E-state index contributed by atoms with van der Waals surface area (Å²) in [6.07, 6.45) is 3.19. The Hall–Kier alpha value is -2.33. The molecule has 0 radical (unpaired) electrons. The minimum absolute atomic E-state index is 0.671. The van der Waals surface area contributed by atoms with Crippen LogP contribution in [-0.2, 0) is 5.60 Å². The fraction of sp³-hybridized carbons (Fsp3) is 0.435. The van der Waals surface area contributed by atoms with E-state index in [2.05, 4.69) is 11.9 Å². The van der Waals surface area contributed by atoms with Crippen molar-refractivity contribution in [2.45, 2.75) is 53.1 Å². The number of rotatable bonds is 8. The third-order valence-corrected chi connectivity index (χ3v) is 5.16. The van der Waals surface area contributed by atoms with Gasteiger partial charge in [-0.2, -0.15) is 0 Å². The first-order valence-electron chi connectivity index (χ1n) is 9.69. The zero-order valence-corrected chi connectivity index (χ0v) is 17.4. The van der Waals surface area contributed by atoms with Gasteiger partial charge in [0.05, 0.1) is 17.6 Å². The molecule has 0 heterocycles. The van der Waals surface area contributed by atoms with E-state index in [9.17, 15) is 5.11 Å². The molecule has 4 nitrogen and oxygen atoms in total. The predicted molar refractivity (Wildman–Crippen MR) is 113 cm³/mol. The molecule has 0 aromatic heterocycles. The van der Waals surface area contributed by atoms with Crippen molar-refractivity contribution in [3.63, 3.8) is 0 Å². The van der Waals surface area contributed by atoms with E-state index in [4.69, 9.17) is 4.74 Å². The van der Waals surface area contributed by atoms with E-state index in [-0.39, 0.29) is 0 Å². The van der Waals surface area contributed by atoms with Crippen LogP contribution in [0.25, 0.3) is 0 Å². The lowest BCUT2D eigenvalue weighted by molar-refractivity contribution is 0.0282. The maximum absolute atomic E-state index is 10.8. The third-order valence-electron chi connectivity index (χ3n) is 5.16. The number of benzene rings is 2. The van der Waals surface area contributed by atoms with Gasteiger partial charge in [-0.1, -0.05) is 26.0 Å². The summed E-state index contributed by atoms with van der Waals surface area (Å²) >= 11 is 0. The Morgan fingerprint density at radius 1 is 1.07 bits per heavy atom. The highest BCUT2D eigenvalue weighted by Crippen LogP contribution is 2.34. The van der Waals surface area contributed by atoms with Crippen molar-refractivity contribution in [3.8, 4) is 11.5 Å². The SMILES string of the molecule is CCN(C)C=Nc1cc(C)c(Oc2cccc(C(O)(CC)CC)c2)cc1C. The molecule has 1 N–H and O–H groups in total. The molecule has 27 heavy (non-hydrogen) atoms.